The molecule has 1 heterocycles. The summed E-state index contributed by atoms with van der Waals surface area (Å²) in [6.45, 7) is 0.638. The number of aliphatic hydroxyl groups excluding tert-OH is 3. The van der Waals surface area contributed by atoms with Crippen LogP contribution in [0.1, 0.15) is 0 Å². The van der Waals surface area contributed by atoms with Gasteiger partial charge >= 0.3 is 0 Å². The van der Waals surface area contributed by atoms with Crippen LogP contribution >= 0.6 is 0 Å². The Morgan fingerprint density at radius 1 is 1.64 bits per heavy atom. The van der Waals surface area contributed by atoms with Gasteiger partial charge in [0.25, 0.3) is 0 Å². The summed E-state index contributed by atoms with van der Waals surface area (Å²) < 4.78 is 0. The zero-order chi connectivity index (χ0) is 8.27. The lowest BCUT2D eigenvalue weighted by molar-refractivity contribution is -0.132. The van der Waals surface area contributed by atoms with Gasteiger partial charge in [0.05, 0.1) is 38.5 Å². The third kappa shape index (κ3) is 2.72. The maximum atomic E-state index is 8.97. The van der Waals surface area contributed by atoms with Crippen molar-refractivity contribution in [3.05, 3.63) is 0 Å². The molecule has 0 saturated carbocycles. The van der Waals surface area contributed by atoms with Gasteiger partial charge < -0.3 is 15.3 Å². The monoisotopic (exact) mass is 163 g/mol. The molecule has 0 radical (unpaired) electrons. The molecule has 2 atom stereocenters. The van der Waals surface area contributed by atoms with Gasteiger partial charge in [-0.15, -0.1) is 0 Å². The van der Waals surface area contributed by atoms with Crippen molar-refractivity contribution in [2.75, 3.05) is 26.3 Å². The lowest BCUT2D eigenvalue weighted by Gasteiger charge is -2.15. The fourth-order valence-electron chi connectivity index (χ4n) is 0.952. The molecule has 0 aromatic rings. The first-order valence-corrected chi connectivity index (χ1v) is 3.57. The second kappa shape index (κ2) is 3.99. The molecule has 0 aromatic heterocycles. The van der Waals surface area contributed by atoms with Crippen LogP contribution in [0.2, 0.25) is 0 Å². The summed E-state index contributed by atoms with van der Waals surface area (Å²) in [7, 11) is 0. The van der Waals surface area contributed by atoms with Crippen LogP contribution in [0.25, 0.3) is 0 Å². The van der Waals surface area contributed by atoms with Crippen molar-refractivity contribution in [3.63, 3.8) is 0 Å². The molecule has 1 unspecified atom stereocenters. The van der Waals surface area contributed by atoms with Crippen LogP contribution in [-0.4, -0.2) is 58.9 Å². The molecule has 0 aromatic carbocycles. The highest BCUT2D eigenvalue weighted by atomic mass is 16.7. The topological polar surface area (TPSA) is 73.2 Å². The number of hydroxylamine groups is 2. The normalized spacial score (nSPS) is 29.2. The van der Waals surface area contributed by atoms with Crippen molar-refractivity contribution >= 4 is 0 Å². The van der Waals surface area contributed by atoms with Crippen molar-refractivity contribution in [2.24, 2.45) is 0 Å². The van der Waals surface area contributed by atoms with Crippen LogP contribution in [0.15, 0.2) is 0 Å². The Morgan fingerprint density at radius 3 is 2.82 bits per heavy atom. The maximum Gasteiger partial charge on any atom is 0.0958 e. The molecule has 1 aliphatic heterocycles. The molecule has 1 fully saturated rings. The summed E-state index contributed by atoms with van der Waals surface area (Å²) in [5.41, 5.74) is 0. The number of hydrogen-bond donors (Lipinski definition) is 3. The molecule has 3 N–H and O–H groups in total. The predicted molar refractivity (Wildman–Crippen MR) is 36.6 cm³/mol. The van der Waals surface area contributed by atoms with E-state index in [0.717, 1.165) is 0 Å². The summed E-state index contributed by atoms with van der Waals surface area (Å²) in [4.78, 5) is 4.95. The quantitative estimate of drug-likeness (QED) is 0.446. The highest BCUT2D eigenvalue weighted by Crippen LogP contribution is 2.05. The van der Waals surface area contributed by atoms with Crippen LogP contribution in [0.5, 0.6) is 0 Å². The smallest absolute Gasteiger partial charge is 0.0958 e. The largest absolute Gasteiger partial charge is 0.394 e. The van der Waals surface area contributed by atoms with Crippen molar-refractivity contribution in [2.45, 2.75) is 12.2 Å². The standard InChI is InChI=1S/C6H13NO4/c8-3-5(9)1-7-2-6(10)4-11-7/h5-6,8-10H,1-4H2/t5?,6-/m0/s1. The Bertz CT molecular complexity index is 121. The van der Waals surface area contributed by atoms with Gasteiger partial charge in [-0.1, -0.05) is 0 Å². The molecule has 1 rings (SSSR count). The molecule has 0 bridgehead atoms. The summed E-state index contributed by atoms with van der Waals surface area (Å²) in [6, 6.07) is 0. The minimum atomic E-state index is -0.791. The van der Waals surface area contributed by atoms with Crippen LogP contribution in [0.4, 0.5) is 0 Å². The first kappa shape index (κ1) is 8.89. The summed E-state index contributed by atoms with van der Waals surface area (Å²) in [5.74, 6) is 0. The Morgan fingerprint density at radius 2 is 2.36 bits per heavy atom. The number of β-amino-alcohol motifs (C(OH)–C–C–N with tert-alkyl or cyclic N) is 2. The third-order valence-electron chi connectivity index (χ3n) is 1.49. The molecule has 66 valence electrons. The second-order valence-electron chi connectivity index (χ2n) is 2.63. The van der Waals surface area contributed by atoms with Crippen molar-refractivity contribution in [1.29, 1.82) is 0 Å². The zero-order valence-corrected chi connectivity index (χ0v) is 6.18. The van der Waals surface area contributed by atoms with E-state index in [1.807, 2.05) is 0 Å². The zero-order valence-electron chi connectivity index (χ0n) is 6.18. The fraction of sp³-hybridized carbons (Fsp3) is 1.00. The van der Waals surface area contributed by atoms with Crippen LogP contribution < -0.4 is 0 Å². The van der Waals surface area contributed by atoms with E-state index >= 15 is 0 Å². The number of aliphatic hydroxyl groups is 3. The third-order valence-corrected chi connectivity index (χ3v) is 1.49. The first-order valence-electron chi connectivity index (χ1n) is 3.57. The van der Waals surface area contributed by atoms with Gasteiger partial charge in [0.1, 0.15) is 0 Å². The fourth-order valence-corrected chi connectivity index (χ4v) is 0.952. The van der Waals surface area contributed by atoms with E-state index in [1.54, 1.807) is 0 Å². The molecule has 5 heteroatoms. The molecule has 0 amide bonds. The van der Waals surface area contributed by atoms with Gasteiger partial charge in [-0.2, -0.15) is 5.06 Å². The van der Waals surface area contributed by atoms with Gasteiger partial charge in [-0.25, -0.2) is 0 Å². The molecule has 5 nitrogen and oxygen atoms in total. The van der Waals surface area contributed by atoms with Gasteiger partial charge in [-0.3, -0.25) is 4.84 Å². The predicted octanol–water partition coefficient (Wildman–Crippen LogP) is -2.05. The Balaban J connectivity index is 2.17. The molecule has 0 aliphatic carbocycles. The molecule has 1 saturated heterocycles. The highest BCUT2D eigenvalue weighted by molar-refractivity contribution is 4.66. The second-order valence-corrected chi connectivity index (χ2v) is 2.63. The van der Waals surface area contributed by atoms with Crippen molar-refractivity contribution in [3.8, 4) is 0 Å². The minimum Gasteiger partial charge on any atom is -0.394 e. The Kier molecular flexibility index (Phi) is 3.22. The highest BCUT2D eigenvalue weighted by Gasteiger charge is 2.22. The minimum absolute atomic E-state index is 0.244. The van der Waals surface area contributed by atoms with Gasteiger partial charge in [0.2, 0.25) is 0 Å². The molecular formula is C6H13NO4. The van der Waals surface area contributed by atoms with E-state index in [0.29, 0.717) is 6.54 Å². The van der Waals surface area contributed by atoms with Gasteiger partial charge in [0, 0.05) is 0 Å². The van der Waals surface area contributed by atoms with Crippen LogP contribution in [0, 0.1) is 0 Å². The van der Waals surface area contributed by atoms with Crippen LogP contribution in [0.3, 0.4) is 0 Å². The lowest BCUT2D eigenvalue weighted by atomic mass is 10.3. The number of rotatable bonds is 3. The molecule has 1 aliphatic rings. The molecular weight excluding hydrogens is 150 g/mol. The average molecular weight is 163 g/mol. The van der Waals surface area contributed by atoms with Crippen LogP contribution in [-0.2, 0) is 4.84 Å². The summed E-state index contributed by atoms with van der Waals surface area (Å²) >= 11 is 0. The van der Waals surface area contributed by atoms with Crippen molar-refractivity contribution < 1.29 is 20.2 Å². The van der Waals surface area contributed by atoms with Crippen molar-refractivity contribution in [1.82, 2.24) is 5.06 Å². The van der Waals surface area contributed by atoms with E-state index in [4.69, 9.17) is 20.2 Å². The first-order chi connectivity index (χ1) is 5.22. The number of nitrogens with zero attached hydrogens (tertiary/aromatic N) is 1. The van der Waals surface area contributed by atoms with E-state index in [1.165, 1.54) is 5.06 Å². The average Bonchev–Trinajstić information content (AvgIpc) is 2.35. The Labute approximate surface area is 64.8 Å². The lowest BCUT2D eigenvalue weighted by Crippen LogP contribution is -2.32. The maximum absolute atomic E-state index is 8.97. The molecule has 11 heavy (non-hydrogen) atoms. The number of hydrogen-bond acceptors (Lipinski definition) is 5. The Hall–Kier alpha value is -0.200. The van der Waals surface area contributed by atoms with Gasteiger partial charge in [0.15, 0.2) is 0 Å². The summed E-state index contributed by atoms with van der Waals surface area (Å²) in [6.07, 6.45) is -1.26. The molecule has 0 spiro atoms. The SMILES string of the molecule is OCC(O)CN1C[C@H](O)CO1. The summed E-state index contributed by atoms with van der Waals surface area (Å²) in [5, 5.41) is 27.8. The van der Waals surface area contributed by atoms with E-state index < -0.39 is 12.2 Å². The van der Waals surface area contributed by atoms with E-state index in [-0.39, 0.29) is 19.8 Å². The van der Waals surface area contributed by atoms with Gasteiger partial charge in [-0.05, 0) is 0 Å². The van der Waals surface area contributed by atoms with E-state index in [2.05, 4.69) is 0 Å². The van der Waals surface area contributed by atoms with E-state index in [9.17, 15) is 0 Å².